The predicted molar refractivity (Wildman–Crippen MR) is 44.0 cm³/mol. The van der Waals surface area contributed by atoms with E-state index < -0.39 is 5.60 Å². The van der Waals surface area contributed by atoms with Gasteiger partial charge in [0.05, 0.1) is 5.60 Å². The molecule has 2 heteroatoms. The molecular formula is C9H13O2. The number of aliphatic hydroxyl groups excluding tert-OH is 1. The second-order valence-electron chi connectivity index (χ2n) is 3.20. The van der Waals surface area contributed by atoms with Crippen LogP contribution in [0.2, 0.25) is 0 Å². The van der Waals surface area contributed by atoms with Crippen molar-refractivity contribution in [2.45, 2.75) is 25.9 Å². The summed E-state index contributed by atoms with van der Waals surface area (Å²) in [5.74, 6) is 0.170. The van der Waals surface area contributed by atoms with E-state index in [-0.39, 0.29) is 5.76 Å². The van der Waals surface area contributed by atoms with Crippen LogP contribution in [0.4, 0.5) is 0 Å². The maximum atomic E-state index is 9.53. The summed E-state index contributed by atoms with van der Waals surface area (Å²) in [5.41, 5.74) is -0.325. The molecule has 0 aromatic carbocycles. The third-order valence-corrected chi connectivity index (χ3v) is 1.67. The fourth-order valence-corrected chi connectivity index (χ4v) is 1.12. The molecule has 0 aromatic heterocycles. The molecule has 1 aliphatic carbocycles. The molecular weight excluding hydrogens is 140 g/mol. The van der Waals surface area contributed by atoms with Gasteiger partial charge in [0.2, 0.25) is 0 Å². The summed E-state index contributed by atoms with van der Waals surface area (Å²) in [6.45, 7) is 3.32. The van der Waals surface area contributed by atoms with Gasteiger partial charge in [-0.25, -0.2) is 0 Å². The fraction of sp³-hybridized carbons (Fsp3) is 0.444. The topological polar surface area (TPSA) is 40.5 Å². The number of allylic oxidation sites excluding steroid dienone is 2. The molecule has 2 nitrogen and oxygen atoms in total. The standard InChI is InChI=1S/C9H13O2/c1-9(2,11)7-5-3-4-6-8(7)10/h4-6,10-11H,3H2,1-2H3. The zero-order valence-electron chi connectivity index (χ0n) is 6.83. The molecule has 0 saturated heterocycles. The van der Waals surface area contributed by atoms with E-state index in [0.29, 0.717) is 5.57 Å². The summed E-state index contributed by atoms with van der Waals surface area (Å²) in [6, 6.07) is 0. The highest BCUT2D eigenvalue weighted by Gasteiger charge is 2.23. The first-order chi connectivity index (χ1) is 5.02. The first kappa shape index (κ1) is 8.34. The lowest BCUT2D eigenvalue weighted by Crippen LogP contribution is -2.24. The first-order valence-corrected chi connectivity index (χ1v) is 3.67. The maximum absolute atomic E-state index is 9.53. The summed E-state index contributed by atoms with van der Waals surface area (Å²) < 4.78 is 0. The van der Waals surface area contributed by atoms with Crippen LogP contribution >= 0.6 is 0 Å². The van der Waals surface area contributed by atoms with Crippen molar-refractivity contribution < 1.29 is 10.2 Å². The van der Waals surface area contributed by atoms with Gasteiger partial charge in [-0.1, -0.05) is 6.08 Å². The molecule has 11 heavy (non-hydrogen) atoms. The Morgan fingerprint density at radius 1 is 1.45 bits per heavy atom. The van der Waals surface area contributed by atoms with Crippen molar-refractivity contribution in [3.05, 3.63) is 29.9 Å². The van der Waals surface area contributed by atoms with Crippen molar-refractivity contribution >= 4 is 0 Å². The molecule has 0 amide bonds. The van der Waals surface area contributed by atoms with Crippen molar-refractivity contribution in [3.63, 3.8) is 0 Å². The van der Waals surface area contributed by atoms with Crippen molar-refractivity contribution in [1.82, 2.24) is 0 Å². The Morgan fingerprint density at radius 2 is 2.09 bits per heavy atom. The van der Waals surface area contributed by atoms with Crippen molar-refractivity contribution in [3.8, 4) is 0 Å². The minimum atomic E-state index is -0.936. The van der Waals surface area contributed by atoms with Gasteiger partial charge in [0.1, 0.15) is 5.76 Å². The van der Waals surface area contributed by atoms with E-state index in [9.17, 15) is 10.2 Å². The van der Waals surface area contributed by atoms with Crippen LogP contribution < -0.4 is 0 Å². The molecule has 0 aromatic rings. The molecule has 61 valence electrons. The van der Waals surface area contributed by atoms with E-state index in [1.807, 2.05) is 12.5 Å². The number of rotatable bonds is 1. The second kappa shape index (κ2) is 2.70. The summed E-state index contributed by atoms with van der Waals surface area (Å²) in [5, 5.41) is 18.8. The van der Waals surface area contributed by atoms with Gasteiger partial charge in [0.25, 0.3) is 0 Å². The smallest absolute Gasteiger partial charge is 0.117 e. The SMILES string of the molecule is CC(C)(O)C1=CC[CH]C=C1O. The molecule has 1 radical (unpaired) electrons. The number of hydrogen-bond donors (Lipinski definition) is 2. The molecule has 2 N–H and O–H groups in total. The van der Waals surface area contributed by atoms with Crippen molar-refractivity contribution in [2.75, 3.05) is 0 Å². The molecule has 0 unspecified atom stereocenters. The minimum Gasteiger partial charge on any atom is -0.508 e. The molecule has 0 aliphatic heterocycles. The molecule has 0 atom stereocenters. The van der Waals surface area contributed by atoms with Gasteiger partial charge in [0.15, 0.2) is 0 Å². The summed E-state index contributed by atoms with van der Waals surface area (Å²) >= 11 is 0. The minimum absolute atomic E-state index is 0.170. The molecule has 0 spiro atoms. The highest BCUT2D eigenvalue weighted by molar-refractivity contribution is 5.37. The monoisotopic (exact) mass is 153 g/mol. The van der Waals surface area contributed by atoms with Crippen LogP contribution in [0.5, 0.6) is 0 Å². The van der Waals surface area contributed by atoms with E-state index >= 15 is 0 Å². The van der Waals surface area contributed by atoms with E-state index in [4.69, 9.17) is 0 Å². The fourth-order valence-electron chi connectivity index (χ4n) is 1.12. The van der Waals surface area contributed by atoms with Crippen LogP contribution in [0, 0.1) is 6.42 Å². The summed E-state index contributed by atoms with van der Waals surface area (Å²) in [4.78, 5) is 0. The van der Waals surface area contributed by atoms with Crippen LogP contribution in [-0.4, -0.2) is 15.8 Å². The lowest BCUT2D eigenvalue weighted by atomic mass is 9.92. The Kier molecular flexibility index (Phi) is 2.05. The Bertz CT molecular complexity index is 206. The Hall–Kier alpha value is -0.760. The van der Waals surface area contributed by atoms with Gasteiger partial charge in [0, 0.05) is 5.57 Å². The van der Waals surface area contributed by atoms with Crippen molar-refractivity contribution in [2.24, 2.45) is 0 Å². The summed E-state index contributed by atoms with van der Waals surface area (Å²) in [7, 11) is 0. The predicted octanol–water partition coefficient (Wildman–Crippen LogP) is 1.73. The van der Waals surface area contributed by atoms with E-state index in [1.165, 1.54) is 0 Å². The van der Waals surface area contributed by atoms with Gasteiger partial charge < -0.3 is 10.2 Å². The van der Waals surface area contributed by atoms with E-state index in [0.717, 1.165) is 6.42 Å². The molecule has 0 fully saturated rings. The quantitative estimate of drug-likeness (QED) is 0.602. The van der Waals surface area contributed by atoms with E-state index in [1.54, 1.807) is 19.9 Å². The molecule has 1 aliphatic rings. The third-order valence-electron chi connectivity index (χ3n) is 1.67. The lowest BCUT2D eigenvalue weighted by molar-refractivity contribution is 0.114. The van der Waals surface area contributed by atoms with Gasteiger partial charge in [-0.15, -0.1) is 0 Å². The van der Waals surface area contributed by atoms with Crippen LogP contribution in [0.1, 0.15) is 20.3 Å². The van der Waals surface area contributed by atoms with E-state index in [2.05, 4.69) is 0 Å². The largest absolute Gasteiger partial charge is 0.508 e. The Balaban J connectivity index is 2.87. The normalized spacial score (nSPS) is 19.2. The van der Waals surface area contributed by atoms with Crippen LogP contribution in [0.3, 0.4) is 0 Å². The average Bonchev–Trinajstić information content (AvgIpc) is 1.86. The Morgan fingerprint density at radius 3 is 2.45 bits per heavy atom. The second-order valence-corrected chi connectivity index (χ2v) is 3.20. The van der Waals surface area contributed by atoms with Crippen LogP contribution in [0.25, 0.3) is 0 Å². The molecule has 1 rings (SSSR count). The van der Waals surface area contributed by atoms with Gasteiger partial charge in [-0.2, -0.15) is 0 Å². The van der Waals surface area contributed by atoms with Gasteiger partial charge >= 0.3 is 0 Å². The maximum Gasteiger partial charge on any atom is 0.117 e. The Labute approximate surface area is 66.9 Å². The van der Waals surface area contributed by atoms with Gasteiger partial charge in [-0.3, -0.25) is 0 Å². The first-order valence-electron chi connectivity index (χ1n) is 3.67. The zero-order valence-corrected chi connectivity index (χ0v) is 6.83. The van der Waals surface area contributed by atoms with Gasteiger partial charge in [-0.05, 0) is 32.8 Å². The highest BCUT2D eigenvalue weighted by atomic mass is 16.3. The molecule has 0 saturated carbocycles. The number of hydrogen-bond acceptors (Lipinski definition) is 2. The third kappa shape index (κ3) is 1.84. The number of aliphatic hydroxyl groups is 2. The zero-order chi connectivity index (χ0) is 8.48. The van der Waals surface area contributed by atoms with Crippen LogP contribution in [-0.2, 0) is 0 Å². The molecule has 0 heterocycles. The molecule has 0 bridgehead atoms. The van der Waals surface area contributed by atoms with Crippen molar-refractivity contribution in [1.29, 1.82) is 0 Å². The van der Waals surface area contributed by atoms with Crippen LogP contribution in [0.15, 0.2) is 23.5 Å². The lowest BCUT2D eigenvalue weighted by Gasteiger charge is -2.23. The average molecular weight is 153 g/mol. The summed E-state index contributed by atoms with van der Waals surface area (Å²) in [6.07, 6.45) is 6.08. The highest BCUT2D eigenvalue weighted by Crippen LogP contribution is 2.25.